The summed E-state index contributed by atoms with van der Waals surface area (Å²) >= 11 is 0. The SMILES string of the molecule is COc1cc(N2CCOC3CCCC32)c(N)cc1F. The normalized spacial score (nSPS) is 26.3. The van der Waals surface area contributed by atoms with Gasteiger partial charge < -0.3 is 20.1 Å². The van der Waals surface area contributed by atoms with Gasteiger partial charge in [-0.3, -0.25) is 0 Å². The van der Waals surface area contributed by atoms with Crippen molar-refractivity contribution in [1.29, 1.82) is 0 Å². The van der Waals surface area contributed by atoms with Crippen molar-refractivity contribution in [3.05, 3.63) is 17.9 Å². The molecule has 1 aliphatic heterocycles. The van der Waals surface area contributed by atoms with Crippen LogP contribution in [-0.2, 0) is 4.74 Å². The molecule has 1 aromatic rings. The maximum absolute atomic E-state index is 13.6. The van der Waals surface area contributed by atoms with E-state index in [2.05, 4.69) is 4.90 Å². The molecule has 19 heavy (non-hydrogen) atoms. The van der Waals surface area contributed by atoms with Gasteiger partial charge in [-0.2, -0.15) is 0 Å². The maximum Gasteiger partial charge on any atom is 0.167 e. The Labute approximate surface area is 112 Å². The zero-order chi connectivity index (χ0) is 13.4. The number of hydrogen-bond acceptors (Lipinski definition) is 4. The first-order valence-corrected chi connectivity index (χ1v) is 6.72. The number of rotatable bonds is 2. The predicted octanol–water partition coefficient (Wildman–Crippen LogP) is 2.17. The summed E-state index contributed by atoms with van der Waals surface area (Å²) in [7, 11) is 1.47. The molecule has 0 bridgehead atoms. The van der Waals surface area contributed by atoms with Crippen LogP contribution in [0, 0.1) is 5.82 Å². The molecule has 2 atom stereocenters. The summed E-state index contributed by atoms with van der Waals surface area (Å²) in [6.07, 6.45) is 3.65. The van der Waals surface area contributed by atoms with Crippen LogP contribution in [0.4, 0.5) is 15.8 Å². The van der Waals surface area contributed by atoms with Crippen molar-refractivity contribution < 1.29 is 13.9 Å². The first-order valence-electron chi connectivity index (χ1n) is 6.72. The highest BCUT2D eigenvalue weighted by atomic mass is 19.1. The van der Waals surface area contributed by atoms with Gasteiger partial charge in [0.2, 0.25) is 0 Å². The molecule has 0 radical (unpaired) electrons. The van der Waals surface area contributed by atoms with Crippen molar-refractivity contribution in [2.24, 2.45) is 0 Å². The minimum atomic E-state index is -0.417. The van der Waals surface area contributed by atoms with Gasteiger partial charge >= 0.3 is 0 Å². The van der Waals surface area contributed by atoms with E-state index in [0.717, 1.165) is 25.1 Å². The monoisotopic (exact) mass is 266 g/mol. The van der Waals surface area contributed by atoms with Crippen molar-refractivity contribution in [2.45, 2.75) is 31.4 Å². The van der Waals surface area contributed by atoms with Gasteiger partial charge in [0.05, 0.1) is 37.2 Å². The number of ether oxygens (including phenoxy) is 2. The summed E-state index contributed by atoms with van der Waals surface area (Å²) in [5.41, 5.74) is 7.30. The van der Waals surface area contributed by atoms with Gasteiger partial charge in [0.15, 0.2) is 11.6 Å². The summed E-state index contributed by atoms with van der Waals surface area (Å²) in [6.45, 7) is 1.49. The Bertz CT molecular complexity index is 481. The zero-order valence-corrected chi connectivity index (χ0v) is 11.1. The molecule has 4 nitrogen and oxygen atoms in total. The number of benzene rings is 1. The Morgan fingerprint density at radius 3 is 3.05 bits per heavy atom. The van der Waals surface area contributed by atoms with Gasteiger partial charge in [-0.1, -0.05) is 0 Å². The van der Waals surface area contributed by atoms with E-state index in [9.17, 15) is 4.39 Å². The second-order valence-electron chi connectivity index (χ2n) is 5.15. The van der Waals surface area contributed by atoms with Gasteiger partial charge in [-0.25, -0.2) is 4.39 Å². The van der Waals surface area contributed by atoms with Crippen LogP contribution >= 0.6 is 0 Å². The van der Waals surface area contributed by atoms with Crippen LogP contribution < -0.4 is 15.4 Å². The van der Waals surface area contributed by atoms with E-state index in [1.165, 1.54) is 19.6 Å². The topological polar surface area (TPSA) is 47.7 Å². The van der Waals surface area contributed by atoms with Crippen molar-refractivity contribution in [1.82, 2.24) is 0 Å². The number of methoxy groups -OCH3 is 1. The molecule has 0 spiro atoms. The number of nitrogens with two attached hydrogens (primary N) is 1. The zero-order valence-electron chi connectivity index (χ0n) is 11.1. The number of fused-ring (bicyclic) bond motifs is 1. The average Bonchev–Trinajstić information content (AvgIpc) is 2.87. The largest absolute Gasteiger partial charge is 0.494 e. The van der Waals surface area contributed by atoms with E-state index in [-0.39, 0.29) is 11.9 Å². The molecule has 2 aliphatic rings. The molecule has 1 saturated heterocycles. The lowest BCUT2D eigenvalue weighted by Crippen LogP contribution is -2.48. The summed E-state index contributed by atoms with van der Waals surface area (Å²) in [5.74, 6) is -0.176. The van der Waals surface area contributed by atoms with Gasteiger partial charge in [-0.15, -0.1) is 0 Å². The summed E-state index contributed by atoms with van der Waals surface area (Å²) < 4.78 is 24.5. The van der Waals surface area contributed by atoms with Crippen LogP contribution in [0.3, 0.4) is 0 Å². The summed E-state index contributed by atoms with van der Waals surface area (Å²) in [5, 5.41) is 0. The highest BCUT2D eigenvalue weighted by molar-refractivity contribution is 5.70. The Kier molecular flexibility index (Phi) is 3.22. The lowest BCUT2D eigenvalue weighted by atomic mass is 10.1. The molecular formula is C14H19FN2O2. The molecule has 2 fully saturated rings. The molecule has 1 heterocycles. The summed E-state index contributed by atoms with van der Waals surface area (Å²) in [6, 6.07) is 3.39. The second kappa shape index (κ2) is 4.89. The Morgan fingerprint density at radius 2 is 2.26 bits per heavy atom. The van der Waals surface area contributed by atoms with Gasteiger partial charge in [-0.05, 0) is 19.3 Å². The van der Waals surface area contributed by atoms with E-state index >= 15 is 0 Å². The van der Waals surface area contributed by atoms with E-state index < -0.39 is 5.82 Å². The van der Waals surface area contributed by atoms with E-state index in [4.69, 9.17) is 15.2 Å². The van der Waals surface area contributed by atoms with Crippen LogP contribution in [0.15, 0.2) is 12.1 Å². The number of nitrogens with zero attached hydrogens (tertiary/aromatic N) is 1. The predicted molar refractivity (Wildman–Crippen MR) is 72.1 cm³/mol. The molecule has 1 saturated carbocycles. The molecular weight excluding hydrogens is 247 g/mol. The molecule has 2 unspecified atom stereocenters. The summed E-state index contributed by atoms with van der Waals surface area (Å²) in [4.78, 5) is 2.25. The third-order valence-corrected chi connectivity index (χ3v) is 4.09. The van der Waals surface area contributed by atoms with Crippen LogP contribution in [-0.4, -0.2) is 32.4 Å². The maximum atomic E-state index is 13.6. The van der Waals surface area contributed by atoms with Crippen LogP contribution in [0.2, 0.25) is 0 Å². The van der Waals surface area contributed by atoms with Gasteiger partial charge in [0.1, 0.15) is 0 Å². The highest BCUT2D eigenvalue weighted by Crippen LogP contribution is 2.38. The molecule has 5 heteroatoms. The Balaban J connectivity index is 1.96. The van der Waals surface area contributed by atoms with E-state index in [0.29, 0.717) is 18.3 Å². The lowest BCUT2D eigenvalue weighted by molar-refractivity contribution is 0.0257. The molecule has 104 valence electrons. The number of hydrogen-bond donors (Lipinski definition) is 1. The number of anilines is 2. The molecule has 0 aromatic heterocycles. The lowest BCUT2D eigenvalue weighted by Gasteiger charge is -2.40. The Hall–Kier alpha value is -1.49. The van der Waals surface area contributed by atoms with Gasteiger partial charge in [0, 0.05) is 18.7 Å². The smallest absolute Gasteiger partial charge is 0.167 e. The van der Waals surface area contributed by atoms with Crippen LogP contribution in [0.25, 0.3) is 0 Å². The molecule has 3 rings (SSSR count). The van der Waals surface area contributed by atoms with E-state index in [1.54, 1.807) is 6.07 Å². The fourth-order valence-electron chi connectivity index (χ4n) is 3.19. The van der Waals surface area contributed by atoms with Crippen molar-refractivity contribution in [3.8, 4) is 5.75 Å². The van der Waals surface area contributed by atoms with Crippen LogP contribution in [0.5, 0.6) is 5.75 Å². The molecule has 1 aliphatic carbocycles. The first-order chi connectivity index (χ1) is 9.20. The third-order valence-electron chi connectivity index (χ3n) is 4.09. The average molecular weight is 266 g/mol. The Morgan fingerprint density at radius 1 is 1.42 bits per heavy atom. The number of halogens is 1. The van der Waals surface area contributed by atoms with Crippen molar-refractivity contribution in [3.63, 3.8) is 0 Å². The van der Waals surface area contributed by atoms with Gasteiger partial charge in [0.25, 0.3) is 0 Å². The fourth-order valence-corrected chi connectivity index (χ4v) is 3.19. The molecule has 2 N–H and O–H groups in total. The third kappa shape index (κ3) is 2.12. The highest BCUT2D eigenvalue weighted by Gasteiger charge is 2.37. The quantitative estimate of drug-likeness (QED) is 0.833. The van der Waals surface area contributed by atoms with Crippen molar-refractivity contribution >= 4 is 11.4 Å². The number of nitrogen functional groups attached to an aromatic ring is 1. The number of morpholine rings is 1. The first kappa shape index (κ1) is 12.5. The van der Waals surface area contributed by atoms with E-state index in [1.807, 2.05) is 0 Å². The van der Waals surface area contributed by atoms with Crippen LogP contribution in [0.1, 0.15) is 19.3 Å². The standard InChI is InChI=1S/C14H19FN2O2/c1-18-14-8-12(10(16)7-9(14)15)17-5-6-19-13-4-2-3-11(13)17/h7-8,11,13H,2-6,16H2,1H3. The fraction of sp³-hybridized carbons (Fsp3) is 0.571. The second-order valence-corrected chi connectivity index (χ2v) is 5.15. The molecule has 0 amide bonds. The minimum absolute atomic E-state index is 0.241. The van der Waals surface area contributed by atoms with Crippen molar-refractivity contribution in [2.75, 3.05) is 30.9 Å². The molecule has 1 aromatic carbocycles. The minimum Gasteiger partial charge on any atom is -0.494 e.